The first-order valence-corrected chi connectivity index (χ1v) is 8.45. The topological polar surface area (TPSA) is 53.9 Å². The minimum Gasteiger partial charge on any atom is -0.338 e. The second-order valence-corrected chi connectivity index (χ2v) is 6.12. The minimum atomic E-state index is 0.587. The van der Waals surface area contributed by atoms with Gasteiger partial charge in [0.2, 0.25) is 0 Å². The Labute approximate surface area is 148 Å². The van der Waals surface area contributed by atoms with E-state index in [4.69, 9.17) is 0 Å². The third-order valence-electron chi connectivity index (χ3n) is 4.15. The van der Waals surface area contributed by atoms with Gasteiger partial charge in [0.25, 0.3) is 5.95 Å². The van der Waals surface area contributed by atoms with Gasteiger partial charge in [-0.25, -0.2) is 0 Å². The number of nitrogens with one attached hydrogen (secondary N) is 1. The standard InChI is InChI=1S/C20H23N5/c1-5-25(17-11-6-8-14(2)12-17)20-23-18(13-21-24-20)22-19-15(3)9-7-10-16(19)4/h6-13H,5H2,1-4H3,(H,22,23,24). The van der Waals surface area contributed by atoms with E-state index in [1.165, 1.54) is 16.7 Å². The molecule has 3 rings (SSSR count). The number of anilines is 4. The Bertz CT molecular complexity index is 855. The highest BCUT2D eigenvalue weighted by Gasteiger charge is 2.12. The Kier molecular flexibility index (Phi) is 4.93. The van der Waals surface area contributed by atoms with Gasteiger partial charge in [0.1, 0.15) is 0 Å². The van der Waals surface area contributed by atoms with Crippen LogP contribution in [0.1, 0.15) is 23.6 Å². The number of hydrogen-bond donors (Lipinski definition) is 1. The van der Waals surface area contributed by atoms with E-state index in [1.54, 1.807) is 6.20 Å². The third-order valence-corrected chi connectivity index (χ3v) is 4.15. The molecule has 0 saturated carbocycles. The number of nitrogens with zero attached hydrogens (tertiary/aromatic N) is 4. The molecule has 0 unspecified atom stereocenters. The fourth-order valence-corrected chi connectivity index (χ4v) is 2.84. The summed E-state index contributed by atoms with van der Waals surface area (Å²) in [7, 11) is 0. The van der Waals surface area contributed by atoms with E-state index >= 15 is 0 Å². The summed E-state index contributed by atoms with van der Waals surface area (Å²) in [5, 5.41) is 11.8. The maximum absolute atomic E-state index is 4.67. The van der Waals surface area contributed by atoms with Crippen molar-refractivity contribution in [1.29, 1.82) is 0 Å². The van der Waals surface area contributed by atoms with Crippen LogP contribution in [0, 0.1) is 20.8 Å². The summed E-state index contributed by atoms with van der Waals surface area (Å²) < 4.78 is 0. The van der Waals surface area contributed by atoms with Crippen LogP contribution in [-0.2, 0) is 0 Å². The van der Waals surface area contributed by atoms with E-state index in [0.717, 1.165) is 17.9 Å². The minimum absolute atomic E-state index is 0.587. The van der Waals surface area contributed by atoms with Gasteiger partial charge < -0.3 is 10.2 Å². The van der Waals surface area contributed by atoms with Crippen LogP contribution in [-0.4, -0.2) is 21.7 Å². The van der Waals surface area contributed by atoms with Crippen LogP contribution < -0.4 is 10.2 Å². The first kappa shape index (κ1) is 16.9. The van der Waals surface area contributed by atoms with Gasteiger partial charge in [-0.3, -0.25) is 0 Å². The van der Waals surface area contributed by atoms with E-state index in [2.05, 4.69) is 89.5 Å². The van der Waals surface area contributed by atoms with Crippen molar-refractivity contribution in [3.63, 3.8) is 0 Å². The Balaban J connectivity index is 1.93. The van der Waals surface area contributed by atoms with Crippen LogP contribution >= 0.6 is 0 Å². The quantitative estimate of drug-likeness (QED) is 0.733. The van der Waals surface area contributed by atoms with E-state index < -0.39 is 0 Å². The zero-order valence-corrected chi connectivity index (χ0v) is 15.1. The summed E-state index contributed by atoms with van der Waals surface area (Å²) in [5.41, 5.74) is 5.67. The van der Waals surface area contributed by atoms with Crippen molar-refractivity contribution in [3.05, 3.63) is 65.4 Å². The highest BCUT2D eigenvalue weighted by Crippen LogP contribution is 2.26. The molecular weight excluding hydrogens is 310 g/mol. The van der Waals surface area contributed by atoms with Crippen molar-refractivity contribution in [2.75, 3.05) is 16.8 Å². The van der Waals surface area contributed by atoms with Gasteiger partial charge in [0.15, 0.2) is 5.82 Å². The lowest BCUT2D eigenvalue weighted by atomic mass is 10.1. The van der Waals surface area contributed by atoms with Crippen LogP contribution in [0.2, 0.25) is 0 Å². The predicted octanol–water partition coefficient (Wildman–Crippen LogP) is 4.70. The molecule has 1 heterocycles. The molecule has 2 aromatic carbocycles. The van der Waals surface area contributed by atoms with Gasteiger partial charge in [-0.15, -0.1) is 5.10 Å². The molecule has 0 aliphatic rings. The van der Waals surface area contributed by atoms with Crippen LogP contribution in [0.15, 0.2) is 48.7 Å². The van der Waals surface area contributed by atoms with Crippen molar-refractivity contribution >= 4 is 23.1 Å². The van der Waals surface area contributed by atoms with Gasteiger partial charge in [-0.05, 0) is 56.5 Å². The van der Waals surface area contributed by atoms with Crippen LogP contribution in [0.4, 0.5) is 23.1 Å². The molecule has 0 saturated heterocycles. The van der Waals surface area contributed by atoms with Crippen molar-refractivity contribution < 1.29 is 0 Å². The van der Waals surface area contributed by atoms with Gasteiger partial charge in [0.05, 0.1) is 6.20 Å². The summed E-state index contributed by atoms with van der Waals surface area (Å²) >= 11 is 0. The molecule has 1 aromatic heterocycles. The zero-order chi connectivity index (χ0) is 17.8. The number of aromatic nitrogens is 3. The van der Waals surface area contributed by atoms with Crippen molar-refractivity contribution in [2.24, 2.45) is 0 Å². The van der Waals surface area contributed by atoms with Crippen LogP contribution in [0.5, 0.6) is 0 Å². The second-order valence-electron chi connectivity index (χ2n) is 6.12. The smallest absolute Gasteiger partial charge is 0.251 e. The van der Waals surface area contributed by atoms with E-state index in [-0.39, 0.29) is 0 Å². The fourth-order valence-electron chi connectivity index (χ4n) is 2.84. The Hall–Kier alpha value is -2.95. The molecule has 0 bridgehead atoms. The third kappa shape index (κ3) is 3.76. The van der Waals surface area contributed by atoms with Gasteiger partial charge >= 0.3 is 0 Å². The number of aryl methyl sites for hydroxylation is 3. The molecule has 0 aliphatic carbocycles. The van der Waals surface area contributed by atoms with Gasteiger partial charge in [0, 0.05) is 17.9 Å². The number of rotatable bonds is 5. The maximum Gasteiger partial charge on any atom is 0.251 e. The summed E-state index contributed by atoms with van der Waals surface area (Å²) in [6.45, 7) is 9.08. The maximum atomic E-state index is 4.67. The summed E-state index contributed by atoms with van der Waals surface area (Å²) in [6.07, 6.45) is 1.65. The number of hydrogen-bond acceptors (Lipinski definition) is 5. The Morgan fingerprint density at radius 2 is 1.72 bits per heavy atom. The molecule has 5 nitrogen and oxygen atoms in total. The van der Waals surface area contributed by atoms with Crippen LogP contribution in [0.25, 0.3) is 0 Å². The molecular formula is C20H23N5. The molecule has 0 spiro atoms. The lowest BCUT2D eigenvalue weighted by Crippen LogP contribution is -2.19. The molecule has 0 amide bonds. The molecule has 3 aromatic rings. The van der Waals surface area contributed by atoms with E-state index in [1.807, 2.05) is 6.07 Å². The summed E-state index contributed by atoms with van der Waals surface area (Å²) in [6, 6.07) is 14.5. The molecule has 0 fully saturated rings. The average Bonchev–Trinajstić information content (AvgIpc) is 2.60. The number of para-hydroxylation sites is 1. The molecule has 0 aliphatic heterocycles. The molecule has 0 atom stereocenters. The molecule has 128 valence electrons. The van der Waals surface area contributed by atoms with Crippen LogP contribution in [0.3, 0.4) is 0 Å². The predicted molar refractivity (Wildman–Crippen MR) is 103 cm³/mol. The molecule has 0 radical (unpaired) electrons. The Morgan fingerprint density at radius 3 is 2.40 bits per heavy atom. The van der Waals surface area contributed by atoms with Gasteiger partial charge in [-0.1, -0.05) is 30.3 Å². The number of benzene rings is 2. The highest BCUT2D eigenvalue weighted by atomic mass is 15.3. The highest BCUT2D eigenvalue weighted by molar-refractivity contribution is 5.65. The van der Waals surface area contributed by atoms with Crippen molar-refractivity contribution in [1.82, 2.24) is 15.2 Å². The van der Waals surface area contributed by atoms with Crippen molar-refractivity contribution in [2.45, 2.75) is 27.7 Å². The zero-order valence-electron chi connectivity index (χ0n) is 15.1. The fraction of sp³-hybridized carbons (Fsp3) is 0.250. The lowest BCUT2D eigenvalue weighted by Gasteiger charge is -2.21. The van der Waals surface area contributed by atoms with Crippen molar-refractivity contribution in [3.8, 4) is 0 Å². The largest absolute Gasteiger partial charge is 0.338 e. The molecule has 5 heteroatoms. The summed E-state index contributed by atoms with van der Waals surface area (Å²) in [5.74, 6) is 1.28. The van der Waals surface area contributed by atoms with Gasteiger partial charge in [-0.2, -0.15) is 10.1 Å². The first-order valence-electron chi connectivity index (χ1n) is 8.45. The normalized spacial score (nSPS) is 10.6. The summed E-state index contributed by atoms with van der Waals surface area (Å²) in [4.78, 5) is 6.72. The Morgan fingerprint density at radius 1 is 1.00 bits per heavy atom. The molecule has 1 N–H and O–H groups in total. The molecule has 25 heavy (non-hydrogen) atoms. The monoisotopic (exact) mass is 333 g/mol. The second kappa shape index (κ2) is 7.30. The van der Waals surface area contributed by atoms with E-state index in [0.29, 0.717) is 11.8 Å². The lowest BCUT2D eigenvalue weighted by molar-refractivity contribution is 0.886. The SMILES string of the molecule is CCN(c1cccc(C)c1)c1nncc(Nc2c(C)cccc2C)n1. The van der Waals surface area contributed by atoms with E-state index in [9.17, 15) is 0 Å². The average molecular weight is 333 g/mol. The first-order chi connectivity index (χ1) is 12.1.